The molecule has 0 radical (unpaired) electrons. The maximum Gasteiger partial charge on any atom is 0.255 e. The Bertz CT molecular complexity index is 1550. The van der Waals surface area contributed by atoms with E-state index >= 15 is 0 Å². The van der Waals surface area contributed by atoms with E-state index in [1.807, 2.05) is 6.07 Å². The van der Waals surface area contributed by atoms with Gasteiger partial charge in [0.15, 0.2) is 11.4 Å². The average molecular weight is 578 g/mol. The number of nitrogens with two attached hydrogens (primary N) is 1. The quantitative estimate of drug-likeness (QED) is 0.331. The molecule has 42 heavy (non-hydrogen) atoms. The lowest BCUT2D eigenvalue weighted by molar-refractivity contribution is -0.153. The zero-order chi connectivity index (χ0) is 30.1. The molecular formula is C31H35N3O8. The molecule has 2 fully saturated rings. The number of carbonyl (C=O) groups is 3. The molecule has 1 amide bonds. The number of aliphatic hydroxyl groups excluding tert-OH is 2. The Labute approximate surface area is 242 Å². The van der Waals surface area contributed by atoms with Crippen molar-refractivity contribution in [3.63, 3.8) is 0 Å². The summed E-state index contributed by atoms with van der Waals surface area (Å²) in [5.41, 5.74) is 4.52. The van der Waals surface area contributed by atoms with E-state index in [1.54, 1.807) is 26.4 Å². The number of piperidine rings is 1. The van der Waals surface area contributed by atoms with Crippen LogP contribution in [-0.4, -0.2) is 86.5 Å². The second-order valence-electron chi connectivity index (χ2n) is 12.1. The fourth-order valence-corrected chi connectivity index (χ4v) is 7.52. The number of rotatable bonds is 5. The van der Waals surface area contributed by atoms with Crippen LogP contribution in [-0.2, 0) is 27.3 Å². The molecule has 6 rings (SSSR count). The molecule has 3 aliphatic carbocycles. The van der Waals surface area contributed by atoms with E-state index < -0.39 is 58.0 Å². The molecule has 1 saturated heterocycles. The monoisotopic (exact) mass is 577 g/mol. The van der Waals surface area contributed by atoms with Crippen molar-refractivity contribution in [2.45, 2.75) is 50.3 Å². The number of carbonyl (C=O) groups excluding carboxylic acids is 3. The van der Waals surface area contributed by atoms with Gasteiger partial charge in [0.1, 0.15) is 22.8 Å². The third kappa shape index (κ3) is 4.02. The summed E-state index contributed by atoms with van der Waals surface area (Å²) in [7, 11) is 3.15. The third-order valence-corrected chi connectivity index (χ3v) is 9.47. The number of ketones is 2. The second kappa shape index (κ2) is 10.1. The number of hydrogen-bond donors (Lipinski definition) is 5. The number of phenols is 1. The van der Waals surface area contributed by atoms with Crippen molar-refractivity contribution in [3.05, 3.63) is 58.3 Å². The van der Waals surface area contributed by atoms with Gasteiger partial charge >= 0.3 is 0 Å². The van der Waals surface area contributed by atoms with Crippen LogP contribution in [0, 0.1) is 11.8 Å². The number of likely N-dealkylation sites (tertiary alicyclic amines) is 1. The highest BCUT2D eigenvalue weighted by molar-refractivity contribution is 6.24. The summed E-state index contributed by atoms with van der Waals surface area (Å²) >= 11 is 0. The summed E-state index contributed by atoms with van der Waals surface area (Å²) in [5.74, 6) is -6.58. The van der Waals surface area contributed by atoms with Crippen LogP contribution < -0.4 is 5.73 Å². The van der Waals surface area contributed by atoms with Gasteiger partial charge in [0.25, 0.3) is 5.91 Å². The maximum absolute atomic E-state index is 14.2. The minimum absolute atomic E-state index is 0.0346. The van der Waals surface area contributed by atoms with E-state index in [0.29, 0.717) is 17.7 Å². The Kier molecular flexibility index (Phi) is 6.79. The minimum atomic E-state index is -2.67. The topological polar surface area (TPSA) is 178 Å². The number of benzene rings is 1. The average Bonchev–Trinajstić information content (AvgIpc) is 3.47. The molecule has 11 nitrogen and oxygen atoms in total. The van der Waals surface area contributed by atoms with E-state index in [-0.39, 0.29) is 29.7 Å². The first-order valence-electron chi connectivity index (χ1n) is 14.2. The molecule has 1 aliphatic heterocycles. The molecular weight excluding hydrogens is 542 g/mol. The van der Waals surface area contributed by atoms with Crippen LogP contribution in [0.1, 0.15) is 42.4 Å². The van der Waals surface area contributed by atoms with E-state index in [4.69, 9.17) is 10.2 Å². The molecule has 6 N–H and O–H groups in total. The predicted molar refractivity (Wildman–Crippen MR) is 151 cm³/mol. The molecule has 0 bridgehead atoms. The van der Waals surface area contributed by atoms with Crippen LogP contribution in [0.25, 0.3) is 16.9 Å². The number of aliphatic hydroxyl groups is 3. The van der Waals surface area contributed by atoms with E-state index in [2.05, 4.69) is 4.90 Å². The van der Waals surface area contributed by atoms with Gasteiger partial charge in [0.05, 0.1) is 24.1 Å². The summed E-state index contributed by atoms with van der Waals surface area (Å²) in [6, 6.07) is 2.55. The number of nitrogens with zero attached hydrogens (tertiary/aromatic N) is 2. The number of fused-ring (bicyclic) bond motifs is 3. The van der Waals surface area contributed by atoms with E-state index in [9.17, 15) is 34.8 Å². The van der Waals surface area contributed by atoms with Crippen LogP contribution in [0.4, 0.5) is 0 Å². The molecule has 0 spiro atoms. The summed E-state index contributed by atoms with van der Waals surface area (Å²) in [5, 5.41) is 46.2. The van der Waals surface area contributed by atoms with E-state index in [1.165, 1.54) is 11.2 Å². The van der Waals surface area contributed by atoms with Gasteiger partial charge in [-0.2, -0.15) is 0 Å². The number of phenolic OH excluding ortho intramolecular Hbond substituents is 1. The molecule has 11 heteroatoms. The Morgan fingerprint density at radius 1 is 1.17 bits per heavy atom. The molecule has 1 aromatic heterocycles. The van der Waals surface area contributed by atoms with Crippen LogP contribution in [0.5, 0.6) is 5.75 Å². The zero-order valence-electron chi connectivity index (χ0n) is 23.6. The van der Waals surface area contributed by atoms with Crippen molar-refractivity contribution >= 4 is 23.2 Å². The smallest absolute Gasteiger partial charge is 0.255 e. The lowest BCUT2D eigenvalue weighted by atomic mass is 9.57. The van der Waals surface area contributed by atoms with Crippen LogP contribution in [0.15, 0.2) is 46.0 Å². The number of primary amides is 1. The number of hydrogen-bond acceptors (Lipinski definition) is 10. The van der Waals surface area contributed by atoms with Gasteiger partial charge < -0.3 is 30.6 Å². The van der Waals surface area contributed by atoms with Crippen molar-refractivity contribution in [2.24, 2.45) is 17.6 Å². The summed E-state index contributed by atoms with van der Waals surface area (Å²) in [4.78, 5) is 43.4. The summed E-state index contributed by atoms with van der Waals surface area (Å²) < 4.78 is 5.36. The molecule has 1 aromatic carbocycles. The maximum atomic E-state index is 14.2. The molecule has 2 heterocycles. The van der Waals surface area contributed by atoms with Gasteiger partial charge in [-0.05, 0) is 82.0 Å². The van der Waals surface area contributed by atoms with Crippen molar-refractivity contribution in [1.82, 2.24) is 9.80 Å². The van der Waals surface area contributed by atoms with Crippen molar-refractivity contribution in [1.29, 1.82) is 0 Å². The summed E-state index contributed by atoms with van der Waals surface area (Å²) in [6.07, 6.45) is 6.60. The van der Waals surface area contributed by atoms with Gasteiger partial charge in [0, 0.05) is 29.2 Å². The fourth-order valence-electron chi connectivity index (χ4n) is 7.52. The first-order valence-corrected chi connectivity index (χ1v) is 14.2. The first-order chi connectivity index (χ1) is 20.0. The van der Waals surface area contributed by atoms with Gasteiger partial charge in [-0.1, -0.05) is 6.42 Å². The predicted octanol–water partition coefficient (Wildman–Crippen LogP) is 2.21. The largest absolute Gasteiger partial charge is 0.508 e. The van der Waals surface area contributed by atoms with Gasteiger partial charge in [0.2, 0.25) is 5.78 Å². The number of furan rings is 1. The minimum Gasteiger partial charge on any atom is -0.508 e. The Balaban J connectivity index is 1.55. The number of likely N-dealkylation sites (N-methyl/N-ethyl adjacent to an activating group) is 1. The molecule has 0 unspecified atom stereocenters. The zero-order valence-corrected chi connectivity index (χ0v) is 23.6. The van der Waals surface area contributed by atoms with Crippen molar-refractivity contribution < 1.29 is 39.2 Å². The van der Waals surface area contributed by atoms with Crippen molar-refractivity contribution in [3.8, 4) is 16.9 Å². The normalized spacial score (nSPS) is 28.1. The number of Topliss-reactive ketones (excluding diaryl/α,β-unsaturated/α-hetero) is 2. The lowest BCUT2D eigenvalue weighted by Crippen LogP contribution is -2.65. The molecule has 222 valence electrons. The molecule has 1 saturated carbocycles. The standard InChI is InChI=1S/C31H35N3O8/c1-33(2)24-20-12-16-10-19-18(15-6-9-42-14-15)11-17(13-34-7-4-3-5-8-34)25(35)22(19)26(36)21(16)28(38)31(20,41)29(39)23(27(24)37)30(32)40/h6,9,11,14,16,20,24,35-36,39,41H,3-5,7-8,10,12-13H2,1-2H3,(H2,32,40)/t16-,20-,24+,31-/m0/s1. The van der Waals surface area contributed by atoms with Gasteiger partial charge in [-0.15, -0.1) is 0 Å². The SMILES string of the molecule is CN(C)[C@H]1C(=O)C(C(N)=O)=C(O)[C@@]2(O)C(=O)C3=C(O)c4c(O)c(CN5CCCCC5)cc(-c5ccoc5)c4C[C@H]3C[C@@H]12. The highest BCUT2D eigenvalue weighted by Gasteiger charge is 2.64. The highest BCUT2D eigenvalue weighted by atomic mass is 16.3. The van der Waals surface area contributed by atoms with E-state index in [0.717, 1.165) is 43.5 Å². The first kappa shape index (κ1) is 28.2. The lowest BCUT2D eigenvalue weighted by Gasteiger charge is -2.50. The Morgan fingerprint density at radius 3 is 2.50 bits per heavy atom. The molecule has 4 atom stereocenters. The third-order valence-electron chi connectivity index (χ3n) is 9.47. The van der Waals surface area contributed by atoms with Crippen LogP contribution >= 0.6 is 0 Å². The van der Waals surface area contributed by atoms with Gasteiger partial charge in [-0.3, -0.25) is 24.2 Å². The van der Waals surface area contributed by atoms with Gasteiger partial charge in [-0.25, -0.2) is 0 Å². The molecule has 4 aliphatic rings. The number of aromatic hydroxyl groups is 1. The summed E-state index contributed by atoms with van der Waals surface area (Å²) in [6.45, 7) is 2.19. The molecule has 2 aromatic rings. The van der Waals surface area contributed by atoms with Crippen molar-refractivity contribution in [2.75, 3.05) is 27.2 Å². The Morgan fingerprint density at radius 2 is 1.88 bits per heavy atom. The number of amides is 1. The fraction of sp³-hybridized carbons (Fsp3) is 0.452. The highest BCUT2D eigenvalue weighted by Crippen LogP contribution is 2.54. The second-order valence-corrected chi connectivity index (χ2v) is 12.1. The van der Waals surface area contributed by atoms with Crippen LogP contribution in [0.2, 0.25) is 0 Å². The van der Waals surface area contributed by atoms with Crippen LogP contribution in [0.3, 0.4) is 0 Å². The Hall–Kier alpha value is -3.93.